The molecule has 0 aliphatic carbocycles. The standard InChI is InChI=1S/C26H28N4O5/c1-34-23(31)16-21(26(33)35-2)27-20-15-17(11-12-22(20)30-13-7-3-4-8-14-30)24-18-9-5-6-10-19(18)25(32)29-28-24/h5-6,9-12,15-16,27H,3-4,7-8,13-14H2,1-2H3,(H,29,32)/b21-16+. The number of ether oxygens (including phenoxy) is 2. The van der Waals surface area contributed by atoms with Crippen LogP contribution in [-0.2, 0) is 19.1 Å². The van der Waals surface area contributed by atoms with Crippen LogP contribution in [0.1, 0.15) is 25.7 Å². The highest BCUT2D eigenvalue weighted by Gasteiger charge is 2.20. The van der Waals surface area contributed by atoms with Crippen molar-refractivity contribution in [2.75, 3.05) is 37.5 Å². The lowest BCUT2D eigenvalue weighted by atomic mass is 10.0. The summed E-state index contributed by atoms with van der Waals surface area (Å²) in [6.45, 7) is 1.75. The molecule has 4 rings (SSSR count). The monoisotopic (exact) mass is 476 g/mol. The number of aromatic amines is 1. The smallest absolute Gasteiger partial charge is 0.354 e. The molecule has 1 aromatic heterocycles. The molecule has 0 unspecified atom stereocenters. The predicted octanol–water partition coefficient (Wildman–Crippen LogP) is 3.61. The molecule has 35 heavy (non-hydrogen) atoms. The van der Waals surface area contributed by atoms with Crippen molar-refractivity contribution in [2.24, 2.45) is 0 Å². The third-order valence-corrected chi connectivity index (χ3v) is 6.05. The van der Waals surface area contributed by atoms with Crippen molar-refractivity contribution in [3.63, 3.8) is 0 Å². The SMILES string of the molecule is COC(=O)/C=C(/Nc1cc(-c2n[nH]c(=O)c3ccccc23)ccc1N1CCCCCC1)C(=O)OC. The maximum Gasteiger partial charge on any atom is 0.354 e. The van der Waals surface area contributed by atoms with Crippen LogP contribution in [0.15, 0.2) is 59.0 Å². The third kappa shape index (κ3) is 5.34. The molecule has 0 bridgehead atoms. The highest BCUT2D eigenvalue weighted by Crippen LogP contribution is 2.35. The Balaban J connectivity index is 1.85. The van der Waals surface area contributed by atoms with Crippen LogP contribution in [0.3, 0.4) is 0 Å². The summed E-state index contributed by atoms with van der Waals surface area (Å²) in [4.78, 5) is 38.9. The number of esters is 2. The van der Waals surface area contributed by atoms with Crippen LogP contribution in [0.2, 0.25) is 0 Å². The molecule has 2 aromatic carbocycles. The van der Waals surface area contributed by atoms with E-state index in [2.05, 4.69) is 20.4 Å². The topological polar surface area (TPSA) is 114 Å². The van der Waals surface area contributed by atoms with Crippen molar-refractivity contribution in [3.8, 4) is 11.3 Å². The van der Waals surface area contributed by atoms with Crippen LogP contribution < -0.4 is 15.8 Å². The Hall–Kier alpha value is -4.14. The van der Waals surface area contributed by atoms with E-state index in [9.17, 15) is 14.4 Å². The summed E-state index contributed by atoms with van der Waals surface area (Å²) in [5.74, 6) is -1.38. The van der Waals surface area contributed by atoms with Crippen LogP contribution in [0.25, 0.3) is 22.0 Å². The molecular formula is C26H28N4O5. The number of aromatic nitrogens is 2. The van der Waals surface area contributed by atoms with Crippen molar-refractivity contribution in [1.82, 2.24) is 10.2 Å². The van der Waals surface area contributed by atoms with Gasteiger partial charge in [0.1, 0.15) is 5.70 Å². The minimum absolute atomic E-state index is 0.0492. The maximum atomic E-state index is 12.5. The Morgan fingerprint density at radius 1 is 1.00 bits per heavy atom. The lowest BCUT2D eigenvalue weighted by molar-refractivity contribution is -0.138. The van der Waals surface area contributed by atoms with Gasteiger partial charge in [0.25, 0.3) is 5.56 Å². The number of methoxy groups -OCH3 is 2. The lowest BCUT2D eigenvalue weighted by Crippen LogP contribution is -2.25. The molecular weight excluding hydrogens is 448 g/mol. The van der Waals surface area contributed by atoms with Crippen molar-refractivity contribution < 1.29 is 19.1 Å². The second-order valence-corrected chi connectivity index (χ2v) is 8.28. The van der Waals surface area contributed by atoms with Gasteiger partial charge in [-0.15, -0.1) is 0 Å². The van der Waals surface area contributed by atoms with Gasteiger partial charge in [-0.25, -0.2) is 14.7 Å². The van der Waals surface area contributed by atoms with E-state index >= 15 is 0 Å². The highest BCUT2D eigenvalue weighted by atomic mass is 16.5. The molecule has 1 aliphatic heterocycles. The highest BCUT2D eigenvalue weighted by molar-refractivity contribution is 6.00. The van der Waals surface area contributed by atoms with Crippen LogP contribution in [0.5, 0.6) is 0 Å². The van der Waals surface area contributed by atoms with E-state index < -0.39 is 11.9 Å². The van der Waals surface area contributed by atoms with Crippen LogP contribution in [0.4, 0.5) is 11.4 Å². The quantitative estimate of drug-likeness (QED) is 0.410. The second kappa shape index (κ2) is 10.9. The zero-order valence-electron chi connectivity index (χ0n) is 19.8. The molecule has 1 fully saturated rings. The molecule has 0 radical (unpaired) electrons. The molecule has 1 saturated heterocycles. The van der Waals surface area contributed by atoms with Gasteiger partial charge in [0.05, 0.1) is 42.8 Å². The molecule has 0 spiro atoms. The number of carbonyl (C=O) groups is 2. The van der Waals surface area contributed by atoms with Crippen LogP contribution in [-0.4, -0.2) is 49.4 Å². The van der Waals surface area contributed by atoms with Gasteiger partial charge in [-0.05, 0) is 31.0 Å². The zero-order valence-corrected chi connectivity index (χ0v) is 19.8. The van der Waals surface area contributed by atoms with E-state index in [1.807, 2.05) is 30.3 Å². The zero-order chi connectivity index (χ0) is 24.8. The summed E-state index contributed by atoms with van der Waals surface area (Å²) in [6.07, 6.45) is 5.53. The minimum Gasteiger partial charge on any atom is -0.466 e. The van der Waals surface area contributed by atoms with E-state index in [-0.39, 0.29) is 11.3 Å². The lowest BCUT2D eigenvalue weighted by Gasteiger charge is -2.26. The normalized spacial score (nSPS) is 14.3. The van der Waals surface area contributed by atoms with Gasteiger partial charge in [0.15, 0.2) is 0 Å². The number of rotatable bonds is 6. The van der Waals surface area contributed by atoms with Crippen LogP contribution in [0, 0.1) is 0 Å². The van der Waals surface area contributed by atoms with Crippen molar-refractivity contribution in [3.05, 3.63) is 64.6 Å². The Labute approximate surface area is 202 Å². The predicted molar refractivity (Wildman–Crippen MR) is 134 cm³/mol. The number of hydrogen-bond acceptors (Lipinski definition) is 8. The molecule has 0 atom stereocenters. The Bertz CT molecular complexity index is 1320. The maximum absolute atomic E-state index is 12.5. The van der Waals surface area contributed by atoms with E-state index in [0.717, 1.165) is 43.3 Å². The fourth-order valence-electron chi connectivity index (χ4n) is 4.28. The first-order valence-corrected chi connectivity index (χ1v) is 11.5. The summed E-state index contributed by atoms with van der Waals surface area (Å²) >= 11 is 0. The Kier molecular flexibility index (Phi) is 7.45. The van der Waals surface area contributed by atoms with Crippen LogP contribution >= 0.6 is 0 Å². The van der Waals surface area contributed by atoms with Gasteiger partial charge >= 0.3 is 11.9 Å². The summed E-state index contributed by atoms with van der Waals surface area (Å²) < 4.78 is 9.59. The van der Waals surface area contributed by atoms with E-state index in [0.29, 0.717) is 22.2 Å². The van der Waals surface area contributed by atoms with E-state index in [4.69, 9.17) is 9.47 Å². The fourth-order valence-corrected chi connectivity index (χ4v) is 4.28. The van der Waals surface area contributed by atoms with Gasteiger partial charge in [-0.1, -0.05) is 37.1 Å². The Morgan fingerprint density at radius 2 is 1.71 bits per heavy atom. The van der Waals surface area contributed by atoms with Gasteiger partial charge in [0.2, 0.25) is 0 Å². The molecule has 3 aromatic rings. The average molecular weight is 477 g/mol. The molecule has 9 nitrogen and oxygen atoms in total. The first-order chi connectivity index (χ1) is 17.0. The van der Waals surface area contributed by atoms with Crippen molar-refractivity contribution in [1.29, 1.82) is 0 Å². The third-order valence-electron chi connectivity index (χ3n) is 6.05. The van der Waals surface area contributed by atoms with Gasteiger partial charge < -0.3 is 19.7 Å². The number of nitrogens with zero attached hydrogens (tertiary/aromatic N) is 2. The number of carbonyl (C=O) groups excluding carboxylic acids is 2. The molecule has 2 heterocycles. The average Bonchev–Trinajstić information content (AvgIpc) is 3.17. The van der Waals surface area contributed by atoms with Gasteiger partial charge in [-0.2, -0.15) is 5.10 Å². The summed E-state index contributed by atoms with van der Waals surface area (Å²) in [6, 6.07) is 13.0. The molecule has 182 valence electrons. The number of nitrogens with one attached hydrogen (secondary N) is 2. The molecule has 0 amide bonds. The van der Waals surface area contributed by atoms with E-state index in [1.54, 1.807) is 12.1 Å². The summed E-state index contributed by atoms with van der Waals surface area (Å²) in [5.41, 5.74) is 2.53. The van der Waals surface area contributed by atoms with E-state index in [1.165, 1.54) is 27.1 Å². The minimum atomic E-state index is -0.699. The number of H-pyrrole nitrogens is 1. The second-order valence-electron chi connectivity index (χ2n) is 8.28. The number of hydrogen-bond donors (Lipinski definition) is 2. The number of benzene rings is 2. The molecule has 0 saturated carbocycles. The van der Waals surface area contributed by atoms with Crippen molar-refractivity contribution in [2.45, 2.75) is 25.7 Å². The molecule has 2 N–H and O–H groups in total. The molecule has 9 heteroatoms. The summed E-state index contributed by atoms with van der Waals surface area (Å²) in [5, 5.41) is 11.2. The molecule has 1 aliphatic rings. The van der Waals surface area contributed by atoms with Gasteiger partial charge in [0, 0.05) is 24.0 Å². The van der Waals surface area contributed by atoms with Gasteiger partial charge in [-0.3, -0.25) is 4.79 Å². The first kappa shape index (κ1) is 24.0. The Morgan fingerprint density at radius 3 is 2.40 bits per heavy atom. The van der Waals surface area contributed by atoms with Crippen molar-refractivity contribution >= 4 is 34.1 Å². The summed E-state index contributed by atoms with van der Waals surface area (Å²) in [7, 11) is 2.49. The number of anilines is 2. The largest absolute Gasteiger partial charge is 0.466 e. The first-order valence-electron chi connectivity index (χ1n) is 11.5. The number of fused-ring (bicyclic) bond motifs is 1. The fraction of sp³-hybridized carbons (Fsp3) is 0.308.